The summed E-state index contributed by atoms with van der Waals surface area (Å²) in [6.45, 7) is 5.54. The summed E-state index contributed by atoms with van der Waals surface area (Å²) in [5.41, 5.74) is 0.682. The quantitative estimate of drug-likeness (QED) is 0.0186. The van der Waals surface area contributed by atoms with Gasteiger partial charge in [-0.25, -0.2) is 0 Å². The summed E-state index contributed by atoms with van der Waals surface area (Å²) in [6.07, 6.45) is 36.3. The summed E-state index contributed by atoms with van der Waals surface area (Å²) in [4.78, 5) is 23.4. The van der Waals surface area contributed by atoms with E-state index >= 15 is 0 Å². The molecule has 0 fully saturated rings. The first-order valence-electron chi connectivity index (χ1n) is 27.1. The van der Waals surface area contributed by atoms with Crippen LogP contribution in [-0.2, 0) is 22.1 Å². The predicted octanol–water partition coefficient (Wildman–Crippen LogP) is 16.2. The molecule has 0 spiro atoms. The van der Waals surface area contributed by atoms with Gasteiger partial charge in [0.25, 0.3) is 11.4 Å². The third-order valence-corrected chi connectivity index (χ3v) is 16.5. The van der Waals surface area contributed by atoms with Crippen molar-refractivity contribution in [2.24, 2.45) is 0 Å². The largest absolute Gasteiger partial charge is 0.494 e. The van der Waals surface area contributed by atoms with Crippen molar-refractivity contribution in [3.05, 3.63) is 128 Å². The van der Waals surface area contributed by atoms with Gasteiger partial charge in [-0.05, 0) is 59.6 Å². The molecule has 0 heterocycles. The molecule has 0 saturated heterocycles. The Balaban J connectivity index is 1.39. The number of unbranched alkanes of at least 4 members (excludes halogenated alkanes) is 26. The molecule has 4 aromatic carbocycles. The fourth-order valence-electron chi connectivity index (χ4n) is 9.04. The molecule has 0 unspecified atom stereocenters. The highest BCUT2D eigenvalue weighted by molar-refractivity contribution is 6.92. The SMILES string of the molecule is CCCCCCCCCCCCCCCCOc1ccc([Si](OCc2ccccc2[N+](=O)[O-])(OCc2ccccc2[N+](=O)[O-])c2ccc(OCCCCCCCCCCCCCCCC)cc2)cc1. The van der Waals surface area contributed by atoms with Crippen LogP contribution in [0.3, 0.4) is 0 Å². The van der Waals surface area contributed by atoms with Crippen LogP contribution < -0.4 is 19.8 Å². The van der Waals surface area contributed by atoms with E-state index in [-0.39, 0.29) is 24.6 Å². The van der Waals surface area contributed by atoms with Crippen molar-refractivity contribution in [3.63, 3.8) is 0 Å². The average Bonchev–Trinajstić information content (AvgIpc) is 3.37. The van der Waals surface area contributed by atoms with E-state index in [9.17, 15) is 20.2 Å². The monoisotopic (exact) mass is 967 g/mol. The van der Waals surface area contributed by atoms with Gasteiger partial charge in [-0.3, -0.25) is 20.2 Å². The molecule has 0 aromatic heterocycles. The molecule has 0 amide bonds. The molecule has 0 aliphatic carbocycles. The smallest absolute Gasteiger partial charge is 0.407 e. The van der Waals surface area contributed by atoms with Gasteiger partial charge in [0, 0.05) is 12.1 Å². The Morgan fingerprint density at radius 3 is 0.942 bits per heavy atom. The highest BCUT2D eigenvalue weighted by Gasteiger charge is 2.44. The number of benzene rings is 4. The minimum absolute atomic E-state index is 0.0569. The Hall–Kier alpha value is -4.58. The first kappa shape index (κ1) is 57.0. The molecule has 380 valence electrons. The summed E-state index contributed by atoms with van der Waals surface area (Å²) in [5, 5.41) is 25.7. The lowest BCUT2D eigenvalue weighted by molar-refractivity contribution is -0.385. The number of nitro groups is 2. The third kappa shape index (κ3) is 22.4. The summed E-state index contributed by atoms with van der Waals surface area (Å²) < 4.78 is 26.3. The third-order valence-electron chi connectivity index (χ3n) is 13.2. The molecular weight excluding hydrogens is 881 g/mol. The lowest BCUT2D eigenvalue weighted by atomic mass is 10.0. The lowest BCUT2D eigenvalue weighted by Crippen LogP contribution is -2.63. The van der Waals surface area contributed by atoms with E-state index in [0.717, 1.165) is 47.6 Å². The molecular formula is C58H86N2O8Si. The van der Waals surface area contributed by atoms with E-state index in [1.807, 2.05) is 48.5 Å². The van der Waals surface area contributed by atoms with Gasteiger partial charge in [-0.1, -0.05) is 229 Å². The molecule has 0 aliphatic rings. The van der Waals surface area contributed by atoms with Crippen molar-refractivity contribution in [2.75, 3.05) is 13.2 Å². The van der Waals surface area contributed by atoms with Gasteiger partial charge in [-0.2, -0.15) is 0 Å². The van der Waals surface area contributed by atoms with E-state index < -0.39 is 18.4 Å². The second-order valence-electron chi connectivity index (χ2n) is 18.9. The van der Waals surface area contributed by atoms with Gasteiger partial charge in [-0.15, -0.1) is 0 Å². The van der Waals surface area contributed by atoms with Crippen molar-refractivity contribution in [2.45, 2.75) is 207 Å². The molecule has 10 nitrogen and oxygen atoms in total. The molecule has 4 aromatic rings. The zero-order valence-corrected chi connectivity index (χ0v) is 43.5. The fourth-order valence-corrected chi connectivity index (χ4v) is 12.0. The molecule has 69 heavy (non-hydrogen) atoms. The van der Waals surface area contributed by atoms with Crippen molar-refractivity contribution >= 4 is 30.3 Å². The zero-order chi connectivity index (χ0) is 49.0. The minimum Gasteiger partial charge on any atom is -0.494 e. The van der Waals surface area contributed by atoms with Crippen LogP contribution in [0, 0.1) is 20.2 Å². The van der Waals surface area contributed by atoms with Crippen LogP contribution >= 0.6 is 0 Å². The lowest BCUT2D eigenvalue weighted by Gasteiger charge is -2.32. The second-order valence-corrected chi connectivity index (χ2v) is 21.9. The Morgan fingerprint density at radius 2 is 0.652 bits per heavy atom. The highest BCUT2D eigenvalue weighted by atomic mass is 28.4. The Kier molecular flexibility index (Phi) is 29.3. The van der Waals surface area contributed by atoms with Gasteiger partial charge >= 0.3 is 8.56 Å². The van der Waals surface area contributed by atoms with Crippen molar-refractivity contribution in [3.8, 4) is 11.5 Å². The Morgan fingerprint density at radius 1 is 0.377 bits per heavy atom. The van der Waals surface area contributed by atoms with Crippen LogP contribution in [0.15, 0.2) is 97.1 Å². The Labute approximate surface area is 416 Å². The number of para-hydroxylation sites is 2. The zero-order valence-electron chi connectivity index (χ0n) is 42.5. The molecule has 0 saturated carbocycles. The topological polar surface area (TPSA) is 123 Å². The first-order valence-corrected chi connectivity index (χ1v) is 28.9. The minimum atomic E-state index is -3.78. The van der Waals surface area contributed by atoms with E-state index in [2.05, 4.69) is 13.8 Å². The predicted molar refractivity (Wildman–Crippen MR) is 285 cm³/mol. The highest BCUT2D eigenvalue weighted by Crippen LogP contribution is 2.26. The summed E-state index contributed by atoms with van der Waals surface area (Å²) >= 11 is 0. The van der Waals surface area contributed by atoms with Gasteiger partial charge in [0.05, 0.1) is 47.4 Å². The maximum Gasteiger partial charge on any atom is 0.407 e. The average molecular weight is 967 g/mol. The number of nitro benzene ring substituents is 2. The van der Waals surface area contributed by atoms with E-state index in [1.54, 1.807) is 36.4 Å². The molecule has 0 atom stereocenters. The standard InChI is InChI=1S/C58H86N2O8Si/c1-3-5-7-9-11-13-15-17-19-21-23-25-27-33-47-65-53-39-43-55(44-40-53)69(67-49-51-35-29-31-37-57(51)59(61)62,68-50-52-36-30-32-38-58(52)60(63)64)56-45-41-54(42-46-56)66-48-34-28-26-24-22-20-18-16-14-12-10-8-6-4-2/h29-32,35-46H,3-28,33-34,47-50H2,1-2H3. The van der Waals surface area contributed by atoms with E-state index in [4.69, 9.17) is 18.3 Å². The number of rotatable bonds is 42. The van der Waals surface area contributed by atoms with Crippen molar-refractivity contribution < 1.29 is 28.2 Å². The number of hydrogen-bond acceptors (Lipinski definition) is 8. The molecule has 4 rings (SSSR count). The first-order chi connectivity index (χ1) is 33.9. The van der Waals surface area contributed by atoms with Crippen LogP contribution in [0.4, 0.5) is 11.4 Å². The summed E-state index contributed by atoms with van der Waals surface area (Å²) in [6, 6.07) is 28.4. The van der Waals surface area contributed by atoms with E-state index in [0.29, 0.717) is 24.3 Å². The van der Waals surface area contributed by atoms with Gasteiger partial charge in [0.15, 0.2) is 0 Å². The maximum absolute atomic E-state index is 12.1. The molecule has 0 N–H and O–H groups in total. The van der Waals surface area contributed by atoms with Gasteiger partial charge in [0.2, 0.25) is 0 Å². The Bertz CT molecular complexity index is 1820. The van der Waals surface area contributed by atoms with Crippen LogP contribution in [0.2, 0.25) is 0 Å². The summed E-state index contributed by atoms with van der Waals surface area (Å²) in [5.74, 6) is 1.45. The van der Waals surface area contributed by atoms with Crippen LogP contribution in [0.25, 0.3) is 0 Å². The van der Waals surface area contributed by atoms with Gasteiger partial charge in [0.1, 0.15) is 11.5 Å². The van der Waals surface area contributed by atoms with Crippen molar-refractivity contribution in [1.29, 1.82) is 0 Å². The molecule has 0 bridgehead atoms. The second kappa shape index (κ2) is 35.5. The number of ether oxygens (including phenoxy) is 2. The molecule has 0 aliphatic heterocycles. The fraction of sp³-hybridized carbons (Fsp3) is 0.586. The molecule has 0 radical (unpaired) electrons. The number of hydrogen-bond donors (Lipinski definition) is 0. The van der Waals surface area contributed by atoms with Crippen LogP contribution in [-0.4, -0.2) is 31.6 Å². The van der Waals surface area contributed by atoms with Crippen LogP contribution in [0.5, 0.6) is 11.5 Å². The van der Waals surface area contributed by atoms with E-state index in [1.165, 1.54) is 166 Å². The normalized spacial score (nSPS) is 11.5. The van der Waals surface area contributed by atoms with Crippen molar-refractivity contribution in [1.82, 2.24) is 0 Å². The van der Waals surface area contributed by atoms with Gasteiger partial charge < -0.3 is 18.3 Å². The maximum atomic E-state index is 12.1. The van der Waals surface area contributed by atoms with Crippen LogP contribution in [0.1, 0.15) is 205 Å². The summed E-state index contributed by atoms with van der Waals surface area (Å²) in [7, 11) is -3.78. The number of nitrogens with zero attached hydrogens (tertiary/aromatic N) is 2. The molecule has 11 heteroatoms.